The molecule has 148 valence electrons. The third-order valence-corrected chi connectivity index (χ3v) is 5.55. The van der Waals surface area contributed by atoms with Gasteiger partial charge in [-0.1, -0.05) is 6.07 Å². The molecule has 0 saturated carbocycles. The number of hydrogen-bond donors (Lipinski definition) is 3. The second kappa shape index (κ2) is 6.97. The molecule has 0 radical (unpaired) electrons. The van der Waals surface area contributed by atoms with Crippen molar-refractivity contribution < 1.29 is 14.1 Å². The summed E-state index contributed by atoms with van der Waals surface area (Å²) < 4.78 is 6.11. The van der Waals surface area contributed by atoms with Gasteiger partial charge in [-0.2, -0.15) is 0 Å². The predicted molar refractivity (Wildman–Crippen MR) is 121 cm³/mol. The number of ether oxygens (including phenoxy) is 1. The second-order valence-corrected chi connectivity index (χ2v) is 7.43. The number of hydrogen-bond acceptors (Lipinski definition) is 3. The molecular formula is C22H18N4O3P+. The highest BCUT2D eigenvalue weighted by Gasteiger charge is 2.33. The van der Waals surface area contributed by atoms with Crippen molar-refractivity contribution in [2.45, 2.75) is 0 Å². The summed E-state index contributed by atoms with van der Waals surface area (Å²) in [6.07, 6.45) is 5.37. The largest absolute Gasteiger partial charge is 0.495 e. The van der Waals surface area contributed by atoms with Crippen molar-refractivity contribution in [2.75, 3.05) is 12.4 Å². The van der Waals surface area contributed by atoms with E-state index in [-0.39, 0.29) is 5.91 Å². The zero-order valence-electron chi connectivity index (χ0n) is 16.0. The van der Waals surface area contributed by atoms with Gasteiger partial charge < -0.3 is 20.0 Å². The molecule has 5 rings (SSSR count). The molecule has 7 nitrogen and oxygen atoms in total. The van der Waals surface area contributed by atoms with Crippen LogP contribution in [0, 0.1) is 4.91 Å². The van der Waals surface area contributed by atoms with Crippen molar-refractivity contribution in [3.63, 3.8) is 0 Å². The average Bonchev–Trinajstić information content (AvgIpc) is 3.45. The monoisotopic (exact) mass is 417 g/mol. The van der Waals surface area contributed by atoms with Gasteiger partial charge in [-0.3, -0.25) is 4.79 Å². The molecule has 3 N–H and O–H groups in total. The molecule has 1 unspecified atom stereocenters. The van der Waals surface area contributed by atoms with Gasteiger partial charge in [-0.15, -0.1) is 0 Å². The van der Waals surface area contributed by atoms with E-state index < -0.39 is 0 Å². The Morgan fingerprint density at radius 2 is 1.87 bits per heavy atom. The minimum atomic E-state index is -0.232. The van der Waals surface area contributed by atoms with E-state index in [0.29, 0.717) is 39.5 Å². The number of carbonyl (C=O) groups excluding carboxylic acids is 1. The average molecular weight is 417 g/mol. The van der Waals surface area contributed by atoms with Gasteiger partial charge in [0.25, 0.3) is 11.6 Å². The number of fused-ring (bicyclic) bond motifs is 2. The number of methoxy groups -OCH3 is 1. The Bertz CT molecular complexity index is 1370. The minimum absolute atomic E-state index is 0.232. The fraction of sp³-hybridized carbons (Fsp3) is 0.0455. The molecule has 1 atom stereocenters. The quantitative estimate of drug-likeness (QED) is 0.327. The summed E-state index contributed by atoms with van der Waals surface area (Å²) in [7, 11) is 3.73. The van der Waals surface area contributed by atoms with E-state index in [1.54, 1.807) is 37.6 Å². The van der Waals surface area contributed by atoms with E-state index in [9.17, 15) is 9.70 Å². The van der Waals surface area contributed by atoms with E-state index in [1.807, 2.05) is 30.5 Å². The molecule has 2 aromatic heterocycles. The first-order valence-electron chi connectivity index (χ1n) is 9.28. The summed E-state index contributed by atoms with van der Waals surface area (Å²) in [4.78, 5) is 31.5. The molecule has 0 fully saturated rings. The van der Waals surface area contributed by atoms with Gasteiger partial charge in [0.1, 0.15) is 5.75 Å². The lowest BCUT2D eigenvalue weighted by molar-refractivity contribution is -0.268. The molecule has 0 saturated heterocycles. The van der Waals surface area contributed by atoms with E-state index >= 15 is 0 Å². The first-order chi connectivity index (χ1) is 14.6. The molecule has 1 aliphatic heterocycles. The van der Waals surface area contributed by atoms with Crippen molar-refractivity contribution in [2.24, 2.45) is 0 Å². The van der Waals surface area contributed by atoms with Crippen LogP contribution >= 0.6 is 9.39 Å². The zero-order valence-corrected chi connectivity index (χ0v) is 17.2. The van der Waals surface area contributed by atoms with Crippen molar-refractivity contribution in [1.82, 2.24) is 9.97 Å². The van der Waals surface area contributed by atoms with Crippen molar-refractivity contribution in [3.8, 4) is 16.9 Å². The SMILES string of the molecule is COc1cc[nH]c1/C=C1\C(=O)Nc2ccc([N+](=O)P)c(-c3ccc4[nH]ccc4c3)c21. The summed E-state index contributed by atoms with van der Waals surface area (Å²) in [6.45, 7) is 0. The van der Waals surface area contributed by atoms with Crippen molar-refractivity contribution in [3.05, 3.63) is 71.0 Å². The van der Waals surface area contributed by atoms with Crippen LogP contribution in [0.4, 0.5) is 11.4 Å². The number of nitrogens with one attached hydrogen (secondary N) is 3. The van der Waals surface area contributed by atoms with Crippen LogP contribution in [0.25, 0.3) is 33.7 Å². The van der Waals surface area contributed by atoms with E-state index in [1.165, 1.54) is 0 Å². The number of H-pyrrole nitrogens is 2. The number of nitroso groups, excluding NO2 is 1. The first kappa shape index (κ1) is 18.3. The minimum Gasteiger partial charge on any atom is -0.495 e. The van der Waals surface area contributed by atoms with Crippen LogP contribution in [0.2, 0.25) is 0 Å². The number of rotatable bonds is 4. The summed E-state index contributed by atoms with van der Waals surface area (Å²) in [6, 6.07) is 13.2. The highest BCUT2D eigenvalue weighted by molar-refractivity contribution is 7.08. The third kappa shape index (κ3) is 2.83. The molecule has 4 aromatic rings. The molecule has 0 aliphatic carbocycles. The number of aromatic amines is 2. The standard InChI is InChI=1S/C22H17N4O3P/c1-29-19-7-9-24-17(19)11-14-21-16(25-22(14)27)4-5-18(26(28)30)20(21)13-2-3-15-12(10-13)6-8-23-15/h2-11H,30H2,1H3,(H2-,23,24,25,27,28)/p+1. The number of anilines is 1. The van der Waals surface area contributed by atoms with Gasteiger partial charge in [-0.25, -0.2) is 0 Å². The summed E-state index contributed by atoms with van der Waals surface area (Å²) in [5, 5.41) is 3.93. The Balaban J connectivity index is 1.80. The number of nitrogens with zero attached hydrogens (tertiary/aromatic N) is 1. The van der Waals surface area contributed by atoms with Crippen LogP contribution in [0.1, 0.15) is 11.3 Å². The summed E-state index contributed by atoms with van der Waals surface area (Å²) >= 11 is 0. The zero-order chi connectivity index (χ0) is 20.8. The Morgan fingerprint density at radius 3 is 2.67 bits per heavy atom. The molecule has 0 spiro atoms. The van der Waals surface area contributed by atoms with Gasteiger partial charge in [0.2, 0.25) is 9.39 Å². The van der Waals surface area contributed by atoms with Crippen LogP contribution in [-0.2, 0) is 4.79 Å². The maximum absolute atomic E-state index is 12.9. The van der Waals surface area contributed by atoms with Gasteiger partial charge in [0.15, 0.2) is 0 Å². The number of aromatic nitrogens is 2. The topological polar surface area (TPSA) is 90.0 Å². The van der Waals surface area contributed by atoms with Crippen LogP contribution in [0.5, 0.6) is 5.75 Å². The number of amides is 1. The van der Waals surface area contributed by atoms with Gasteiger partial charge in [-0.05, 0) is 47.4 Å². The summed E-state index contributed by atoms with van der Waals surface area (Å²) in [5.41, 5.74) is 5.48. The van der Waals surface area contributed by atoms with Gasteiger partial charge >= 0.3 is 0 Å². The van der Waals surface area contributed by atoms with Crippen LogP contribution in [-0.4, -0.2) is 27.5 Å². The molecular weight excluding hydrogens is 399 g/mol. The highest BCUT2D eigenvalue weighted by atomic mass is 31.0. The van der Waals surface area contributed by atoms with Crippen molar-refractivity contribution >= 4 is 49.2 Å². The maximum atomic E-state index is 12.9. The predicted octanol–water partition coefficient (Wildman–Crippen LogP) is 4.86. The molecule has 0 bridgehead atoms. The molecule has 8 heteroatoms. The van der Waals surface area contributed by atoms with Gasteiger partial charge in [0.05, 0.1) is 29.6 Å². The van der Waals surface area contributed by atoms with E-state index in [2.05, 4.69) is 24.7 Å². The van der Waals surface area contributed by atoms with Crippen LogP contribution in [0.3, 0.4) is 0 Å². The number of carbonyl (C=O) groups is 1. The number of benzene rings is 2. The fourth-order valence-corrected chi connectivity index (χ4v) is 4.12. The Morgan fingerprint density at radius 1 is 1.03 bits per heavy atom. The Hall–Kier alpha value is -3.70. The fourth-order valence-electron chi connectivity index (χ4n) is 3.90. The third-order valence-electron chi connectivity index (χ3n) is 5.27. The molecule has 1 amide bonds. The van der Waals surface area contributed by atoms with Crippen molar-refractivity contribution in [1.29, 1.82) is 0 Å². The lowest BCUT2D eigenvalue weighted by atomic mass is 9.92. The molecule has 2 aromatic carbocycles. The highest BCUT2D eigenvalue weighted by Crippen LogP contribution is 2.46. The molecule has 1 aliphatic rings. The maximum Gasteiger partial charge on any atom is 0.265 e. The second-order valence-electron chi connectivity index (χ2n) is 6.96. The smallest absolute Gasteiger partial charge is 0.265 e. The Kier molecular flexibility index (Phi) is 4.26. The lowest BCUT2D eigenvalue weighted by Crippen LogP contribution is -2.03. The summed E-state index contributed by atoms with van der Waals surface area (Å²) in [5.74, 6) is 0.399. The molecule has 3 heterocycles. The first-order valence-corrected chi connectivity index (χ1v) is 9.79. The normalized spacial score (nSPS) is 14.2. The van der Waals surface area contributed by atoms with Crippen LogP contribution in [0.15, 0.2) is 54.9 Å². The lowest BCUT2D eigenvalue weighted by Gasteiger charge is -2.10. The van der Waals surface area contributed by atoms with E-state index in [0.717, 1.165) is 21.0 Å². The van der Waals surface area contributed by atoms with Gasteiger partial charge in [0, 0.05) is 39.0 Å². The van der Waals surface area contributed by atoms with Crippen LogP contribution < -0.4 is 10.1 Å². The van der Waals surface area contributed by atoms with E-state index in [4.69, 9.17) is 4.74 Å². The Labute approximate surface area is 174 Å². The molecule has 30 heavy (non-hydrogen) atoms.